The molecule has 7 nitrogen and oxygen atoms in total. The quantitative estimate of drug-likeness (QED) is 0.698. The van der Waals surface area contributed by atoms with Gasteiger partial charge in [-0.15, -0.1) is 0 Å². The van der Waals surface area contributed by atoms with Crippen LogP contribution in [-0.2, 0) is 16.4 Å². The van der Waals surface area contributed by atoms with Gasteiger partial charge in [0.1, 0.15) is 0 Å². The standard InChI is InChI=1S/C21H22N2O5S2/c1-27-17-9-8-15(10-18(17)28-2)20(24)22-21-23(11-14-6-4-3-5-7-14)16-12-30(25,26)13-19(16)29-21/h3-10,16,19H,11-13H2,1-2H3/t16-,19-/m0/s1. The molecule has 2 aliphatic heterocycles. The highest BCUT2D eigenvalue weighted by molar-refractivity contribution is 8.15. The summed E-state index contributed by atoms with van der Waals surface area (Å²) < 4.78 is 34.8. The van der Waals surface area contributed by atoms with Gasteiger partial charge in [0.25, 0.3) is 5.91 Å². The molecule has 0 bridgehead atoms. The van der Waals surface area contributed by atoms with Crippen molar-refractivity contribution in [2.24, 2.45) is 4.99 Å². The van der Waals surface area contributed by atoms with Crippen molar-refractivity contribution in [3.8, 4) is 11.5 Å². The lowest BCUT2D eigenvalue weighted by Crippen LogP contribution is -2.37. The second-order valence-electron chi connectivity index (χ2n) is 7.18. The molecule has 2 aromatic carbocycles. The van der Waals surface area contributed by atoms with Gasteiger partial charge in [0.2, 0.25) is 0 Å². The molecule has 4 rings (SSSR count). The monoisotopic (exact) mass is 446 g/mol. The Morgan fingerprint density at radius 3 is 2.53 bits per heavy atom. The van der Waals surface area contributed by atoms with Crippen molar-refractivity contribution in [2.45, 2.75) is 17.8 Å². The van der Waals surface area contributed by atoms with Gasteiger partial charge in [-0.1, -0.05) is 42.1 Å². The lowest BCUT2D eigenvalue weighted by atomic mass is 10.1. The molecule has 0 radical (unpaired) electrons. The van der Waals surface area contributed by atoms with Crippen molar-refractivity contribution < 1.29 is 22.7 Å². The van der Waals surface area contributed by atoms with E-state index in [9.17, 15) is 13.2 Å². The number of ether oxygens (including phenoxy) is 2. The Kier molecular flexibility index (Phi) is 5.75. The van der Waals surface area contributed by atoms with Crippen LogP contribution in [-0.4, -0.2) is 61.4 Å². The molecule has 2 saturated heterocycles. The number of rotatable bonds is 5. The minimum Gasteiger partial charge on any atom is -0.493 e. The van der Waals surface area contributed by atoms with Crippen LogP contribution in [0.15, 0.2) is 53.5 Å². The number of carbonyl (C=O) groups is 1. The average Bonchev–Trinajstić information content (AvgIpc) is 3.20. The first-order valence-electron chi connectivity index (χ1n) is 9.43. The fourth-order valence-corrected chi connectivity index (χ4v) is 7.67. The molecule has 0 aliphatic carbocycles. The Hall–Kier alpha value is -2.52. The molecule has 2 aromatic rings. The van der Waals surface area contributed by atoms with Gasteiger partial charge in [0.15, 0.2) is 26.5 Å². The van der Waals surface area contributed by atoms with E-state index in [0.717, 1.165) is 5.56 Å². The molecule has 9 heteroatoms. The van der Waals surface area contributed by atoms with E-state index in [4.69, 9.17) is 9.47 Å². The minimum absolute atomic E-state index is 0.0844. The molecule has 30 heavy (non-hydrogen) atoms. The summed E-state index contributed by atoms with van der Waals surface area (Å²) in [7, 11) is -0.0456. The SMILES string of the molecule is COc1ccc(C(=O)N=C2S[C@H]3CS(=O)(=O)C[C@@H]3N2Cc2ccccc2)cc1OC. The fourth-order valence-electron chi connectivity index (χ4n) is 3.72. The number of amidine groups is 1. The van der Waals surface area contributed by atoms with E-state index in [1.54, 1.807) is 18.2 Å². The van der Waals surface area contributed by atoms with E-state index < -0.39 is 15.7 Å². The lowest BCUT2D eigenvalue weighted by Gasteiger charge is -2.24. The van der Waals surface area contributed by atoms with E-state index in [1.165, 1.54) is 26.0 Å². The largest absolute Gasteiger partial charge is 0.493 e. The minimum atomic E-state index is -3.08. The van der Waals surface area contributed by atoms with E-state index in [2.05, 4.69) is 4.99 Å². The van der Waals surface area contributed by atoms with E-state index >= 15 is 0 Å². The average molecular weight is 447 g/mol. The normalized spacial score (nSPS) is 23.4. The molecule has 158 valence electrons. The van der Waals surface area contributed by atoms with Crippen LogP contribution in [0.3, 0.4) is 0 Å². The predicted molar refractivity (Wildman–Crippen MR) is 117 cm³/mol. The summed E-state index contributed by atoms with van der Waals surface area (Å²) in [5.74, 6) is 0.770. The summed E-state index contributed by atoms with van der Waals surface area (Å²) in [4.78, 5) is 19.2. The summed E-state index contributed by atoms with van der Waals surface area (Å²) in [6, 6.07) is 14.5. The molecule has 2 aliphatic rings. The number of hydrogen-bond acceptors (Lipinski definition) is 6. The van der Waals surface area contributed by atoms with Crippen LogP contribution in [0.1, 0.15) is 15.9 Å². The van der Waals surface area contributed by atoms with Crippen molar-refractivity contribution in [3.63, 3.8) is 0 Å². The van der Waals surface area contributed by atoms with E-state index in [0.29, 0.717) is 28.8 Å². The van der Waals surface area contributed by atoms with Crippen LogP contribution in [0.5, 0.6) is 11.5 Å². The molecule has 2 atom stereocenters. The number of benzene rings is 2. The van der Waals surface area contributed by atoms with Crippen molar-refractivity contribution in [3.05, 3.63) is 59.7 Å². The van der Waals surface area contributed by atoms with Gasteiger partial charge in [0.05, 0.1) is 31.8 Å². The lowest BCUT2D eigenvalue weighted by molar-refractivity contribution is 0.100. The van der Waals surface area contributed by atoms with Crippen LogP contribution in [0, 0.1) is 0 Å². The van der Waals surface area contributed by atoms with Gasteiger partial charge in [-0.2, -0.15) is 4.99 Å². The zero-order valence-electron chi connectivity index (χ0n) is 16.6. The second-order valence-corrected chi connectivity index (χ2v) is 10.5. The first kappa shape index (κ1) is 20.7. The maximum absolute atomic E-state index is 12.9. The summed E-state index contributed by atoms with van der Waals surface area (Å²) in [6.45, 7) is 0.503. The zero-order valence-corrected chi connectivity index (χ0v) is 18.3. The smallest absolute Gasteiger partial charge is 0.279 e. The third-order valence-corrected chi connectivity index (χ3v) is 8.45. The fraction of sp³-hybridized carbons (Fsp3) is 0.333. The molecule has 0 aromatic heterocycles. The predicted octanol–water partition coefficient (Wildman–Crippen LogP) is 2.61. The van der Waals surface area contributed by atoms with Gasteiger partial charge in [-0.05, 0) is 23.8 Å². The number of hydrogen-bond donors (Lipinski definition) is 0. The molecular formula is C21H22N2O5S2. The van der Waals surface area contributed by atoms with Crippen molar-refractivity contribution >= 4 is 32.7 Å². The molecule has 0 saturated carbocycles. The topological polar surface area (TPSA) is 85.3 Å². The first-order chi connectivity index (χ1) is 14.4. The number of sulfone groups is 1. The third-order valence-electron chi connectivity index (χ3n) is 5.20. The van der Waals surface area contributed by atoms with Gasteiger partial charge in [-0.25, -0.2) is 8.42 Å². The Morgan fingerprint density at radius 2 is 1.83 bits per heavy atom. The number of methoxy groups -OCH3 is 2. The maximum atomic E-state index is 12.9. The molecular weight excluding hydrogens is 424 g/mol. The molecule has 0 N–H and O–H groups in total. The number of nitrogens with zero attached hydrogens (tertiary/aromatic N) is 2. The highest BCUT2D eigenvalue weighted by Crippen LogP contribution is 2.39. The molecule has 0 unspecified atom stereocenters. The number of amides is 1. The molecule has 0 spiro atoms. The zero-order chi connectivity index (χ0) is 21.3. The summed E-state index contributed by atoms with van der Waals surface area (Å²) in [6.07, 6.45) is 0. The summed E-state index contributed by atoms with van der Waals surface area (Å²) in [5, 5.41) is 0.444. The van der Waals surface area contributed by atoms with Crippen molar-refractivity contribution in [1.82, 2.24) is 4.90 Å². The van der Waals surface area contributed by atoms with Gasteiger partial charge in [0, 0.05) is 17.4 Å². The molecule has 2 fully saturated rings. The molecule has 1 amide bonds. The Balaban J connectivity index is 1.64. The van der Waals surface area contributed by atoms with E-state index in [-0.39, 0.29) is 22.8 Å². The number of carbonyl (C=O) groups excluding carboxylic acids is 1. The second kappa shape index (κ2) is 8.31. The number of fused-ring (bicyclic) bond motifs is 1. The third kappa shape index (κ3) is 4.17. The van der Waals surface area contributed by atoms with Crippen molar-refractivity contribution in [2.75, 3.05) is 25.7 Å². The first-order valence-corrected chi connectivity index (χ1v) is 12.1. The Morgan fingerprint density at radius 1 is 1.10 bits per heavy atom. The summed E-state index contributed by atoms with van der Waals surface area (Å²) >= 11 is 1.37. The van der Waals surface area contributed by atoms with Crippen LogP contribution in [0.25, 0.3) is 0 Å². The summed E-state index contributed by atoms with van der Waals surface area (Å²) in [5.41, 5.74) is 1.42. The number of thioether (sulfide) groups is 1. The highest BCUT2D eigenvalue weighted by Gasteiger charge is 2.48. The Bertz CT molecular complexity index is 1090. The van der Waals surface area contributed by atoms with Crippen molar-refractivity contribution in [1.29, 1.82) is 0 Å². The van der Waals surface area contributed by atoms with Gasteiger partial charge >= 0.3 is 0 Å². The van der Waals surface area contributed by atoms with Crippen LogP contribution < -0.4 is 9.47 Å². The Labute approximate surface area is 180 Å². The van der Waals surface area contributed by atoms with Crippen LogP contribution in [0.4, 0.5) is 0 Å². The van der Waals surface area contributed by atoms with Crippen LogP contribution >= 0.6 is 11.8 Å². The maximum Gasteiger partial charge on any atom is 0.279 e. The molecule has 2 heterocycles. The van der Waals surface area contributed by atoms with E-state index in [1.807, 2.05) is 35.2 Å². The van der Waals surface area contributed by atoms with Gasteiger partial charge < -0.3 is 14.4 Å². The van der Waals surface area contributed by atoms with Gasteiger partial charge in [-0.3, -0.25) is 4.79 Å². The number of aliphatic imine (C=N–C) groups is 1. The van der Waals surface area contributed by atoms with Crippen LogP contribution in [0.2, 0.25) is 0 Å². The highest BCUT2D eigenvalue weighted by atomic mass is 32.2.